The number of ether oxygens (including phenoxy) is 2. The summed E-state index contributed by atoms with van der Waals surface area (Å²) < 4.78 is 10.6. The van der Waals surface area contributed by atoms with Crippen LogP contribution in [0.25, 0.3) is 0 Å². The third-order valence-corrected chi connectivity index (χ3v) is 4.32. The van der Waals surface area contributed by atoms with Crippen LogP contribution in [0.15, 0.2) is 18.2 Å². The fraction of sp³-hybridized carbons (Fsp3) is 0.538. The fourth-order valence-corrected chi connectivity index (χ4v) is 3.21. The van der Waals surface area contributed by atoms with Crippen LogP contribution in [0, 0.1) is 0 Å². The van der Waals surface area contributed by atoms with Crippen LogP contribution in [-0.2, 0) is 0 Å². The average Bonchev–Trinajstić information content (AvgIpc) is 2.74. The summed E-state index contributed by atoms with van der Waals surface area (Å²) >= 11 is 2.01. The number of rotatable bonds is 4. The largest absolute Gasteiger partial charge is 0.497 e. The monoisotopic (exact) mass is 253 g/mol. The fourth-order valence-electron chi connectivity index (χ4n) is 2.06. The minimum atomic E-state index is 0.524. The Morgan fingerprint density at radius 2 is 2.12 bits per heavy atom. The average molecular weight is 253 g/mol. The molecule has 94 valence electrons. The van der Waals surface area contributed by atoms with Crippen molar-refractivity contribution in [2.24, 2.45) is 0 Å². The molecule has 1 saturated heterocycles. The van der Waals surface area contributed by atoms with Gasteiger partial charge in [-0.3, -0.25) is 0 Å². The molecular weight excluding hydrogens is 234 g/mol. The molecule has 1 aliphatic heterocycles. The number of hydrogen-bond acceptors (Lipinski definition) is 4. The predicted octanol–water partition coefficient (Wildman–Crippen LogP) is 3.01. The lowest BCUT2D eigenvalue weighted by molar-refractivity contribution is 0.404. The molecule has 0 aromatic heterocycles. The molecule has 1 heterocycles. The maximum Gasteiger partial charge on any atom is 0.142 e. The molecule has 0 bridgehead atoms. The first-order valence-corrected chi connectivity index (χ1v) is 6.88. The van der Waals surface area contributed by atoms with E-state index in [1.807, 2.05) is 30.0 Å². The standard InChI is InChI=1S/C13H19NO2S/c1-9-6-10(8-17-9)14-12-7-11(15-2)4-5-13(12)16-3/h4-5,7,9-10,14H,6,8H2,1-3H3. The predicted molar refractivity (Wildman–Crippen MR) is 73.5 cm³/mol. The minimum absolute atomic E-state index is 0.524. The van der Waals surface area contributed by atoms with E-state index < -0.39 is 0 Å². The van der Waals surface area contributed by atoms with Gasteiger partial charge in [-0.2, -0.15) is 11.8 Å². The molecule has 0 saturated carbocycles. The van der Waals surface area contributed by atoms with Crippen molar-refractivity contribution in [2.75, 3.05) is 25.3 Å². The van der Waals surface area contributed by atoms with Crippen LogP contribution < -0.4 is 14.8 Å². The Labute approximate surface area is 107 Å². The van der Waals surface area contributed by atoms with E-state index in [9.17, 15) is 0 Å². The summed E-state index contributed by atoms with van der Waals surface area (Å²) in [5.74, 6) is 2.88. The summed E-state index contributed by atoms with van der Waals surface area (Å²) in [4.78, 5) is 0. The molecule has 2 rings (SSSR count). The molecule has 0 radical (unpaired) electrons. The summed E-state index contributed by atoms with van der Waals surface area (Å²) in [5.41, 5.74) is 1.02. The van der Waals surface area contributed by atoms with Gasteiger partial charge in [-0.1, -0.05) is 6.92 Å². The van der Waals surface area contributed by atoms with Crippen LogP contribution in [0.4, 0.5) is 5.69 Å². The minimum Gasteiger partial charge on any atom is -0.497 e. The van der Waals surface area contributed by atoms with Crippen LogP contribution in [0.1, 0.15) is 13.3 Å². The van der Waals surface area contributed by atoms with Gasteiger partial charge in [0.2, 0.25) is 0 Å². The van der Waals surface area contributed by atoms with Gasteiger partial charge in [0.05, 0.1) is 19.9 Å². The van der Waals surface area contributed by atoms with Gasteiger partial charge in [-0.25, -0.2) is 0 Å². The number of thioether (sulfide) groups is 1. The van der Waals surface area contributed by atoms with Gasteiger partial charge in [-0.05, 0) is 18.6 Å². The van der Waals surface area contributed by atoms with Crippen molar-refractivity contribution < 1.29 is 9.47 Å². The first kappa shape index (κ1) is 12.4. The first-order chi connectivity index (χ1) is 8.22. The highest BCUT2D eigenvalue weighted by Gasteiger charge is 2.22. The van der Waals surface area contributed by atoms with E-state index in [1.165, 1.54) is 6.42 Å². The highest BCUT2D eigenvalue weighted by atomic mass is 32.2. The molecule has 0 aliphatic carbocycles. The molecule has 17 heavy (non-hydrogen) atoms. The molecule has 1 aromatic rings. The zero-order valence-electron chi connectivity index (χ0n) is 10.5. The van der Waals surface area contributed by atoms with Gasteiger partial charge in [0.1, 0.15) is 11.5 Å². The van der Waals surface area contributed by atoms with Crippen molar-refractivity contribution >= 4 is 17.4 Å². The normalized spacial score (nSPS) is 23.5. The zero-order chi connectivity index (χ0) is 12.3. The van der Waals surface area contributed by atoms with Gasteiger partial charge >= 0.3 is 0 Å². The van der Waals surface area contributed by atoms with Gasteiger partial charge < -0.3 is 14.8 Å². The molecule has 1 aliphatic rings. The molecule has 3 nitrogen and oxygen atoms in total. The Hall–Kier alpha value is -1.03. The van der Waals surface area contributed by atoms with E-state index in [-0.39, 0.29) is 0 Å². The van der Waals surface area contributed by atoms with Crippen molar-refractivity contribution in [1.29, 1.82) is 0 Å². The lowest BCUT2D eigenvalue weighted by Crippen LogP contribution is -2.19. The Morgan fingerprint density at radius 3 is 2.71 bits per heavy atom. The molecule has 0 spiro atoms. The van der Waals surface area contributed by atoms with Gasteiger partial charge in [0.25, 0.3) is 0 Å². The summed E-state index contributed by atoms with van der Waals surface area (Å²) in [6, 6.07) is 6.37. The summed E-state index contributed by atoms with van der Waals surface area (Å²) in [7, 11) is 3.37. The quantitative estimate of drug-likeness (QED) is 0.893. The topological polar surface area (TPSA) is 30.5 Å². The lowest BCUT2D eigenvalue weighted by Gasteiger charge is -2.17. The maximum atomic E-state index is 5.36. The highest BCUT2D eigenvalue weighted by Crippen LogP contribution is 2.33. The van der Waals surface area contributed by atoms with Gasteiger partial charge in [-0.15, -0.1) is 0 Å². The first-order valence-electron chi connectivity index (χ1n) is 5.83. The molecule has 2 unspecified atom stereocenters. The van der Waals surface area contributed by atoms with Crippen LogP contribution in [0.5, 0.6) is 11.5 Å². The van der Waals surface area contributed by atoms with E-state index in [0.29, 0.717) is 6.04 Å². The second-order valence-corrected chi connectivity index (χ2v) is 5.76. The molecule has 0 amide bonds. The van der Waals surface area contributed by atoms with E-state index in [1.54, 1.807) is 14.2 Å². The Morgan fingerprint density at radius 1 is 1.29 bits per heavy atom. The van der Waals surface area contributed by atoms with E-state index >= 15 is 0 Å². The second kappa shape index (κ2) is 5.54. The van der Waals surface area contributed by atoms with Gasteiger partial charge in [0.15, 0.2) is 0 Å². The van der Waals surface area contributed by atoms with Crippen molar-refractivity contribution in [2.45, 2.75) is 24.6 Å². The summed E-state index contributed by atoms with van der Waals surface area (Å²) in [6.45, 7) is 2.27. The SMILES string of the molecule is COc1ccc(OC)c(NC2CSC(C)C2)c1. The third-order valence-electron chi connectivity index (χ3n) is 2.96. The van der Waals surface area contributed by atoms with Crippen molar-refractivity contribution in [1.82, 2.24) is 0 Å². The molecule has 1 aromatic carbocycles. The third kappa shape index (κ3) is 3.00. The van der Waals surface area contributed by atoms with Crippen molar-refractivity contribution in [3.63, 3.8) is 0 Å². The van der Waals surface area contributed by atoms with E-state index in [0.717, 1.165) is 28.2 Å². The van der Waals surface area contributed by atoms with Crippen LogP contribution in [0.2, 0.25) is 0 Å². The maximum absolute atomic E-state index is 5.36. The number of anilines is 1. The summed E-state index contributed by atoms with van der Waals surface area (Å²) in [6.07, 6.45) is 1.20. The molecule has 2 atom stereocenters. The van der Waals surface area contributed by atoms with Crippen LogP contribution in [-0.4, -0.2) is 31.3 Å². The zero-order valence-corrected chi connectivity index (χ0v) is 11.3. The lowest BCUT2D eigenvalue weighted by atomic mass is 10.2. The van der Waals surface area contributed by atoms with Crippen molar-refractivity contribution in [3.8, 4) is 11.5 Å². The molecule has 1 fully saturated rings. The smallest absolute Gasteiger partial charge is 0.142 e. The van der Waals surface area contributed by atoms with Gasteiger partial charge in [0, 0.05) is 23.1 Å². The van der Waals surface area contributed by atoms with Crippen LogP contribution in [0.3, 0.4) is 0 Å². The highest BCUT2D eigenvalue weighted by molar-refractivity contribution is 8.00. The number of methoxy groups -OCH3 is 2. The molecular formula is C13H19NO2S. The van der Waals surface area contributed by atoms with Crippen molar-refractivity contribution in [3.05, 3.63) is 18.2 Å². The second-order valence-electron chi connectivity index (χ2n) is 4.29. The summed E-state index contributed by atoms with van der Waals surface area (Å²) in [5, 5.41) is 4.28. The molecule has 1 N–H and O–H groups in total. The molecule has 4 heteroatoms. The van der Waals surface area contributed by atoms with Crippen LogP contribution >= 0.6 is 11.8 Å². The number of hydrogen-bond donors (Lipinski definition) is 1. The number of nitrogens with one attached hydrogen (secondary N) is 1. The Kier molecular flexibility index (Phi) is 4.05. The van der Waals surface area contributed by atoms with E-state index in [4.69, 9.17) is 9.47 Å². The van der Waals surface area contributed by atoms with E-state index in [2.05, 4.69) is 12.2 Å². The number of benzene rings is 1. The Bertz CT molecular complexity index is 384. The Balaban J connectivity index is 2.12.